The lowest BCUT2D eigenvalue weighted by molar-refractivity contribution is -0.385. The number of rotatable bonds is 7. The first-order valence-electron chi connectivity index (χ1n) is 8.48. The number of nitro groups is 1. The average molecular weight is 352 g/mol. The third kappa shape index (κ3) is 4.05. The maximum atomic E-state index is 12.2. The predicted molar refractivity (Wildman–Crippen MR) is 98.6 cm³/mol. The van der Waals surface area contributed by atoms with E-state index in [9.17, 15) is 14.9 Å². The summed E-state index contributed by atoms with van der Waals surface area (Å²) < 4.78 is 1.49. The standard InChI is InChI=1S/C19H20N4O3/c1-14(17-9-4-7-15-6-2-3-8-18(15)17)21-19(24)10-5-11-22-13-16(12-20-22)23(25)26/h2-4,6-9,12-14H,5,10-11H2,1H3,(H,21,24). The minimum Gasteiger partial charge on any atom is -0.350 e. The minimum absolute atomic E-state index is 0.0426. The van der Waals surface area contributed by atoms with Crippen LogP contribution in [0.5, 0.6) is 0 Å². The van der Waals surface area contributed by atoms with Crippen molar-refractivity contribution in [1.82, 2.24) is 15.1 Å². The maximum Gasteiger partial charge on any atom is 0.306 e. The first-order valence-corrected chi connectivity index (χ1v) is 8.48. The van der Waals surface area contributed by atoms with Crippen LogP contribution in [-0.4, -0.2) is 20.6 Å². The van der Waals surface area contributed by atoms with E-state index in [0.29, 0.717) is 19.4 Å². The zero-order valence-electron chi connectivity index (χ0n) is 14.5. The van der Waals surface area contributed by atoms with Crippen LogP contribution in [0.1, 0.15) is 31.4 Å². The molecule has 0 radical (unpaired) electrons. The number of amides is 1. The largest absolute Gasteiger partial charge is 0.350 e. The topological polar surface area (TPSA) is 90.1 Å². The van der Waals surface area contributed by atoms with E-state index in [2.05, 4.69) is 28.6 Å². The van der Waals surface area contributed by atoms with Gasteiger partial charge in [0.1, 0.15) is 12.4 Å². The number of fused-ring (bicyclic) bond motifs is 1. The molecule has 134 valence electrons. The molecular weight excluding hydrogens is 332 g/mol. The van der Waals surface area contributed by atoms with E-state index in [-0.39, 0.29) is 17.6 Å². The fourth-order valence-corrected chi connectivity index (χ4v) is 2.99. The maximum absolute atomic E-state index is 12.2. The van der Waals surface area contributed by atoms with Gasteiger partial charge in [-0.3, -0.25) is 19.6 Å². The highest BCUT2D eigenvalue weighted by atomic mass is 16.6. The van der Waals surface area contributed by atoms with E-state index in [1.807, 2.05) is 31.2 Å². The molecule has 1 heterocycles. The molecule has 7 nitrogen and oxygen atoms in total. The summed E-state index contributed by atoms with van der Waals surface area (Å²) in [4.78, 5) is 22.4. The molecule has 1 atom stereocenters. The van der Waals surface area contributed by atoms with Gasteiger partial charge in [-0.15, -0.1) is 0 Å². The van der Waals surface area contributed by atoms with Crippen molar-refractivity contribution in [2.45, 2.75) is 32.4 Å². The lowest BCUT2D eigenvalue weighted by atomic mass is 9.99. The van der Waals surface area contributed by atoms with Crippen molar-refractivity contribution < 1.29 is 9.72 Å². The van der Waals surface area contributed by atoms with Gasteiger partial charge in [-0.2, -0.15) is 5.10 Å². The van der Waals surface area contributed by atoms with Crippen LogP contribution in [0, 0.1) is 10.1 Å². The Morgan fingerprint density at radius 3 is 2.81 bits per heavy atom. The van der Waals surface area contributed by atoms with Gasteiger partial charge in [-0.1, -0.05) is 42.5 Å². The van der Waals surface area contributed by atoms with Gasteiger partial charge in [0.05, 0.1) is 11.0 Å². The number of aromatic nitrogens is 2. The Kier molecular flexibility index (Phi) is 5.26. The van der Waals surface area contributed by atoms with E-state index in [0.717, 1.165) is 16.3 Å². The molecule has 0 aliphatic heterocycles. The molecule has 0 bridgehead atoms. The lowest BCUT2D eigenvalue weighted by Gasteiger charge is -2.16. The molecular formula is C19H20N4O3. The summed E-state index contributed by atoms with van der Waals surface area (Å²) in [5, 5.41) is 19.9. The van der Waals surface area contributed by atoms with Crippen LogP contribution >= 0.6 is 0 Å². The van der Waals surface area contributed by atoms with Crippen molar-refractivity contribution in [2.75, 3.05) is 0 Å². The van der Waals surface area contributed by atoms with Gasteiger partial charge in [0.25, 0.3) is 0 Å². The molecule has 0 spiro atoms. The summed E-state index contributed by atoms with van der Waals surface area (Å²) in [6.45, 7) is 2.43. The number of aryl methyl sites for hydroxylation is 1. The molecule has 1 N–H and O–H groups in total. The van der Waals surface area contributed by atoms with Crippen LogP contribution in [0.3, 0.4) is 0 Å². The molecule has 1 aromatic heterocycles. The molecule has 3 aromatic rings. The number of benzene rings is 2. The second-order valence-corrected chi connectivity index (χ2v) is 6.18. The number of carbonyl (C=O) groups excluding carboxylic acids is 1. The SMILES string of the molecule is CC(NC(=O)CCCn1cc([N+](=O)[O-])cn1)c1cccc2ccccc12. The van der Waals surface area contributed by atoms with Crippen molar-refractivity contribution in [1.29, 1.82) is 0 Å². The summed E-state index contributed by atoms with van der Waals surface area (Å²) in [6.07, 6.45) is 3.48. The Labute approximate surface area is 150 Å². The van der Waals surface area contributed by atoms with Crippen molar-refractivity contribution in [3.8, 4) is 0 Å². The number of hydrogen-bond donors (Lipinski definition) is 1. The molecule has 2 aromatic carbocycles. The second kappa shape index (κ2) is 7.77. The van der Waals surface area contributed by atoms with E-state index < -0.39 is 4.92 Å². The van der Waals surface area contributed by atoms with Crippen molar-refractivity contribution in [3.63, 3.8) is 0 Å². The highest BCUT2D eigenvalue weighted by Gasteiger charge is 2.13. The Morgan fingerprint density at radius 2 is 2.04 bits per heavy atom. The van der Waals surface area contributed by atoms with Gasteiger partial charge >= 0.3 is 5.69 Å². The first-order chi connectivity index (χ1) is 12.5. The van der Waals surface area contributed by atoms with E-state index in [1.54, 1.807) is 0 Å². The normalized spacial score (nSPS) is 12.0. The van der Waals surface area contributed by atoms with Crippen LogP contribution in [0.25, 0.3) is 10.8 Å². The first kappa shape index (κ1) is 17.6. The highest BCUT2D eigenvalue weighted by molar-refractivity contribution is 5.86. The molecule has 1 unspecified atom stereocenters. The van der Waals surface area contributed by atoms with Crippen LogP contribution in [0.2, 0.25) is 0 Å². The van der Waals surface area contributed by atoms with Crippen LogP contribution in [-0.2, 0) is 11.3 Å². The average Bonchev–Trinajstić information content (AvgIpc) is 3.10. The van der Waals surface area contributed by atoms with Crippen molar-refractivity contribution >= 4 is 22.4 Å². The lowest BCUT2D eigenvalue weighted by Crippen LogP contribution is -2.26. The summed E-state index contributed by atoms with van der Waals surface area (Å²) >= 11 is 0. The summed E-state index contributed by atoms with van der Waals surface area (Å²) in [5.41, 5.74) is 1.04. The molecule has 7 heteroatoms. The van der Waals surface area contributed by atoms with Gasteiger partial charge in [-0.25, -0.2) is 0 Å². The molecule has 0 saturated carbocycles. The smallest absolute Gasteiger partial charge is 0.306 e. The quantitative estimate of drug-likeness (QED) is 0.519. The van der Waals surface area contributed by atoms with E-state index in [1.165, 1.54) is 17.1 Å². The number of nitrogens with zero attached hydrogens (tertiary/aromatic N) is 3. The molecule has 1 amide bonds. The van der Waals surface area contributed by atoms with Crippen molar-refractivity contribution in [2.24, 2.45) is 0 Å². The minimum atomic E-state index is -0.484. The van der Waals surface area contributed by atoms with E-state index >= 15 is 0 Å². The van der Waals surface area contributed by atoms with Gasteiger partial charge < -0.3 is 5.32 Å². The molecule has 0 fully saturated rings. The Hall–Kier alpha value is -3.22. The zero-order chi connectivity index (χ0) is 18.5. The number of nitrogens with one attached hydrogen (secondary N) is 1. The van der Waals surface area contributed by atoms with Gasteiger partial charge in [0.15, 0.2) is 0 Å². The number of hydrogen-bond acceptors (Lipinski definition) is 4. The Morgan fingerprint density at radius 1 is 1.27 bits per heavy atom. The van der Waals surface area contributed by atoms with E-state index in [4.69, 9.17) is 0 Å². The summed E-state index contributed by atoms with van der Waals surface area (Å²) in [6, 6.07) is 14.1. The molecule has 3 rings (SSSR count). The van der Waals surface area contributed by atoms with Crippen LogP contribution < -0.4 is 5.32 Å². The predicted octanol–water partition coefficient (Wildman–Crippen LogP) is 3.60. The monoisotopic (exact) mass is 352 g/mol. The Balaban J connectivity index is 1.54. The fourth-order valence-electron chi connectivity index (χ4n) is 2.99. The van der Waals surface area contributed by atoms with Crippen LogP contribution in [0.4, 0.5) is 5.69 Å². The molecule has 26 heavy (non-hydrogen) atoms. The molecule has 0 aliphatic carbocycles. The summed E-state index contributed by atoms with van der Waals surface area (Å²) in [5.74, 6) is -0.0490. The van der Waals surface area contributed by atoms with Crippen LogP contribution in [0.15, 0.2) is 54.9 Å². The highest BCUT2D eigenvalue weighted by Crippen LogP contribution is 2.24. The zero-order valence-corrected chi connectivity index (χ0v) is 14.5. The fraction of sp³-hybridized carbons (Fsp3) is 0.263. The number of carbonyl (C=O) groups is 1. The van der Waals surface area contributed by atoms with Gasteiger partial charge in [-0.05, 0) is 29.7 Å². The molecule has 0 saturated heterocycles. The third-order valence-electron chi connectivity index (χ3n) is 4.29. The summed E-state index contributed by atoms with van der Waals surface area (Å²) in [7, 11) is 0. The van der Waals surface area contributed by atoms with Gasteiger partial charge in [0.2, 0.25) is 5.91 Å². The second-order valence-electron chi connectivity index (χ2n) is 6.18. The van der Waals surface area contributed by atoms with Crippen molar-refractivity contribution in [3.05, 3.63) is 70.5 Å². The molecule has 0 aliphatic rings. The van der Waals surface area contributed by atoms with Gasteiger partial charge in [0, 0.05) is 13.0 Å². The Bertz CT molecular complexity index is 930. The third-order valence-corrected chi connectivity index (χ3v) is 4.29.